The van der Waals surface area contributed by atoms with Crippen LogP contribution >= 0.6 is 11.6 Å². The second kappa shape index (κ2) is 15.0. The van der Waals surface area contributed by atoms with Crippen LogP contribution in [-0.4, -0.2) is 90.9 Å². The van der Waals surface area contributed by atoms with Crippen molar-refractivity contribution in [2.24, 2.45) is 10.8 Å². The number of amides is 3. The largest absolute Gasteiger partial charge is 0.489 e. The van der Waals surface area contributed by atoms with E-state index in [2.05, 4.69) is 74.8 Å². The normalized spacial score (nSPS) is 21.5. The van der Waals surface area contributed by atoms with Crippen LogP contribution in [0.2, 0.25) is 5.02 Å². The van der Waals surface area contributed by atoms with Gasteiger partial charge in [0, 0.05) is 73.3 Å². The highest BCUT2D eigenvalue weighted by Gasteiger charge is 2.64. The van der Waals surface area contributed by atoms with Gasteiger partial charge in [0.2, 0.25) is 5.91 Å². The SMILES string of the molecule is CC1(C)[C@H](NC(=O)c2ccc(-n3cc(CN4CCN(c5ccc6nnn(C7CCC(=O)NC7=O)c(=O)c6c5)CC4)nn3)cc2)C(C)(C)[C@H]1Oc1ccc(C#N)c(Cl)c1. The summed E-state index contributed by atoms with van der Waals surface area (Å²) in [5, 5.41) is 32.3. The van der Waals surface area contributed by atoms with Gasteiger partial charge in [-0.25, -0.2) is 4.68 Å². The van der Waals surface area contributed by atoms with E-state index in [9.17, 15) is 24.4 Å². The topological polar surface area (TPSA) is 193 Å². The molecule has 2 aromatic heterocycles. The molecule has 16 nitrogen and oxygen atoms in total. The lowest BCUT2D eigenvalue weighted by molar-refractivity contribution is -0.164. The minimum absolute atomic E-state index is 0.134. The van der Waals surface area contributed by atoms with Crippen molar-refractivity contribution >= 4 is 45.9 Å². The molecular formula is C41H42ClN11O5. The quantitative estimate of drug-likeness (QED) is 0.205. The summed E-state index contributed by atoms with van der Waals surface area (Å²) >= 11 is 6.24. The standard InChI is InChI=1S/C41H42ClN11O5/c1-40(2)38(41(3,4)39(40)58-29-11-7-25(21-43)31(42)20-29)45-35(55)24-5-8-27(9-6-24)52-23-26(46-48-52)22-50-15-17-51(18-16-50)28-10-12-32-30(19-28)37(57)53(49-47-32)33-13-14-34(54)44-36(33)56/h5-12,19-20,23,33,38-39H,13-18,22H2,1-4H3,(H,45,55)(H,44,54,56)/t33?,38-,39-. The highest BCUT2D eigenvalue weighted by atomic mass is 35.5. The number of nitrogens with one attached hydrogen (secondary N) is 2. The first-order chi connectivity index (χ1) is 27.7. The van der Waals surface area contributed by atoms with E-state index in [0.717, 1.165) is 47.9 Å². The van der Waals surface area contributed by atoms with Crippen molar-refractivity contribution in [1.82, 2.24) is 45.5 Å². The number of halogens is 1. The van der Waals surface area contributed by atoms with Gasteiger partial charge in [0.05, 0.1) is 33.6 Å². The third-order valence-corrected chi connectivity index (χ3v) is 12.0. The molecule has 8 rings (SSSR count). The highest BCUT2D eigenvalue weighted by molar-refractivity contribution is 6.31. The van der Waals surface area contributed by atoms with E-state index < -0.39 is 17.5 Å². The van der Waals surface area contributed by atoms with Crippen LogP contribution < -0.4 is 25.8 Å². The maximum absolute atomic E-state index is 13.5. The molecule has 4 heterocycles. The number of imide groups is 1. The van der Waals surface area contributed by atoms with E-state index in [1.807, 2.05) is 24.4 Å². The van der Waals surface area contributed by atoms with Crippen molar-refractivity contribution in [2.45, 2.75) is 65.3 Å². The number of ether oxygens (including phenoxy) is 1. The molecule has 3 fully saturated rings. The van der Waals surface area contributed by atoms with Gasteiger partial charge in [-0.1, -0.05) is 49.7 Å². The number of benzene rings is 3. The average molecular weight is 804 g/mol. The van der Waals surface area contributed by atoms with Gasteiger partial charge in [0.25, 0.3) is 17.4 Å². The number of aromatic nitrogens is 6. The van der Waals surface area contributed by atoms with Crippen molar-refractivity contribution in [3.63, 3.8) is 0 Å². The van der Waals surface area contributed by atoms with Crippen molar-refractivity contribution in [3.05, 3.63) is 99.1 Å². The summed E-state index contributed by atoms with van der Waals surface area (Å²) in [4.78, 5) is 55.4. The molecule has 3 amide bonds. The summed E-state index contributed by atoms with van der Waals surface area (Å²) in [6.07, 6.45) is 2.01. The van der Waals surface area contributed by atoms with Gasteiger partial charge < -0.3 is 15.0 Å². The number of nitriles is 1. The van der Waals surface area contributed by atoms with Gasteiger partial charge in [0.1, 0.15) is 29.5 Å². The minimum Gasteiger partial charge on any atom is -0.489 e. The van der Waals surface area contributed by atoms with Gasteiger partial charge in [-0.2, -0.15) is 9.94 Å². The molecule has 5 aromatic rings. The number of carbonyl (C=O) groups excluding carboxylic acids is 3. The van der Waals surface area contributed by atoms with Crippen molar-refractivity contribution in [3.8, 4) is 17.5 Å². The van der Waals surface area contributed by atoms with E-state index in [0.29, 0.717) is 39.3 Å². The third-order valence-electron chi connectivity index (χ3n) is 11.7. The Bertz CT molecular complexity index is 2520. The Balaban J connectivity index is 0.853. The first-order valence-electron chi connectivity index (χ1n) is 19.1. The number of rotatable bonds is 9. The zero-order valence-corrected chi connectivity index (χ0v) is 33.2. The van der Waals surface area contributed by atoms with Crippen LogP contribution in [0.15, 0.2) is 71.7 Å². The lowest BCUT2D eigenvalue weighted by Crippen LogP contribution is -2.74. The lowest BCUT2D eigenvalue weighted by Gasteiger charge is -2.63. The Kier molecular flexibility index (Phi) is 9.98. The first-order valence-corrected chi connectivity index (χ1v) is 19.5. The zero-order chi connectivity index (χ0) is 40.9. The van der Waals surface area contributed by atoms with Crippen molar-refractivity contribution in [1.29, 1.82) is 5.26 Å². The predicted molar refractivity (Wildman–Crippen MR) is 213 cm³/mol. The summed E-state index contributed by atoms with van der Waals surface area (Å²) < 4.78 is 9.13. The molecule has 298 valence electrons. The number of carbonyl (C=O) groups is 3. The fraction of sp³-hybridized carbons (Fsp3) is 0.390. The molecule has 2 aliphatic heterocycles. The fourth-order valence-electron chi connectivity index (χ4n) is 8.83. The molecule has 0 spiro atoms. The van der Waals surface area contributed by atoms with Gasteiger partial charge in [-0.05, 0) is 61.0 Å². The van der Waals surface area contributed by atoms with Gasteiger partial charge in [0.15, 0.2) is 0 Å². The van der Waals surface area contributed by atoms with Crippen LogP contribution in [0.5, 0.6) is 5.75 Å². The second-order valence-electron chi connectivity index (χ2n) is 16.3. The van der Waals surface area contributed by atoms with Gasteiger partial charge in [-0.15, -0.1) is 10.2 Å². The molecule has 2 saturated heterocycles. The van der Waals surface area contributed by atoms with Crippen molar-refractivity contribution in [2.75, 3.05) is 31.1 Å². The second-order valence-corrected chi connectivity index (χ2v) is 16.7. The molecule has 17 heteroatoms. The van der Waals surface area contributed by atoms with Crippen LogP contribution in [0.1, 0.15) is 68.2 Å². The molecule has 0 radical (unpaired) electrons. The number of fused-ring (bicyclic) bond motifs is 1. The predicted octanol–water partition coefficient (Wildman–Crippen LogP) is 3.81. The van der Waals surface area contributed by atoms with Crippen molar-refractivity contribution < 1.29 is 19.1 Å². The highest BCUT2D eigenvalue weighted by Crippen LogP contribution is 2.55. The molecule has 0 bridgehead atoms. The molecule has 1 unspecified atom stereocenters. The Morgan fingerprint density at radius 3 is 2.36 bits per heavy atom. The van der Waals surface area contributed by atoms with Crippen LogP contribution in [0.25, 0.3) is 16.6 Å². The summed E-state index contributed by atoms with van der Waals surface area (Å²) in [6.45, 7) is 11.8. The van der Waals surface area contributed by atoms with Crippen LogP contribution in [0.4, 0.5) is 5.69 Å². The van der Waals surface area contributed by atoms with E-state index in [4.69, 9.17) is 16.3 Å². The average Bonchev–Trinajstić information content (AvgIpc) is 3.68. The number of anilines is 1. The van der Waals surface area contributed by atoms with Crippen LogP contribution in [0, 0.1) is 22.2 Å². The summed E-state index contributed by atoms with van der Waals surface area (Å²) in [5.41, 5.74) is 2.61. The van der Waals surface area contributed by atoms with E-state index in [-0.39, 0.29) is 47.6 Å². The minimum atomic E-state index is -0.879. The Morgan fingerprint density at radius 1 is 0.948 bits per heavy atom. The lowest BCUT2D eigenvalue weighted by atomic mass is 9.49. The molecule has 3 aromatic carbocycles. The van der Waals surface area contributed by atoms with Crippen LogP contribution in [-0.2, 0) is 16.1 Å². The Labute approximate surface area is 338 Å². The molecule has 1 aliphatic carbocycles. The number of hydrogen-bond donors (Lipinski definition) is 2. The smallest absolute Gasteiger partial charge is 0.278 e. The monoisotopic (exact) mass is 803 g/mol. The summed E-state index contributed by atoms with van der Waals surface area (Å²) in [5.74, 6) is -0.519. The Hall–Kier alpha value is -6.18. The third kappa shape index (κ3) is 7.16. The molecule has 58 heavy (non-hydrogen) atoms. The molecule has 2 N–H and O–H groups in total. The van der Waals surface area contributed by atoms with E-state index in [1.165, 1.54) is 0 Å². The maximum atomic E-state index is 13.5. The maximum Gasteiger partial charge on any atom is 0.278 e. The molecular weight excluding hydrogens is 762 g/mol. The molecule has 1 saturated carbocycles. The van der Waals surface area contributed by atoms with E-state index >= 15 is 0 Å². The fourth-order valence-corrected chi connectivity index (χ4v) is 9.04. The molecule has 1 atom stereocenters. The number of piperazine rings is 1. The van der Waals surface area contributed by atoms with Gasteiger partial charge >= 0.3 is 0 Å². The summed E-state index contributed by atoms with van der Waals surface area (Å²) in [6, 6.07) is 18.8. The number of nitrogens with zero attached hydrogens (tertiary/aromatic N) is 9. The van der Waals surface area contributed by atoms with E-state index in [1.54, 1.807) is 47.1 Å². The van der Waals surface area contributed by atoms with Gasteiger partial charge in [-0.3, -0.25) is 29.4 Å². The van der Waals surface area contributed by atoms with Crippen LogP contribution in [0.3, 0.4) is 0 Å². The molecule has 3 aliphatic rings. The first kappa shape index (κ1) is 38.7. The summed E-state index contributed by atoms with van der Waals surface area (Å²) in [7, 11) is 0. The Morgan fingerprint density at radius 2 is 1.67 bits per heavy atom. The number of hydrogen-bond acceptors (Lipinski definition) is 12. The number of piperidine rings is 1. The zero-order valence-electron chi connectivity index (χ0n) is 32.5.